The Labute approximate surface area is 139 Å². The molecule has 1 fully saturated rings. The lowest BCUT2D eigenvalue weighted by Crippen LogP contribution is -2.39. The van der Waals surface area contributed by atoms with Crippen LogP contribution in [0.5, 0.6) is 11.5 Å². The number of hydrogen-bond acceptors (Lipinski definition) is 6. The lowest BCUT2D eigenvalue weighted by Gasteiger charge is -2.31. The first-order chi connectivity index (χ1) is 11.7. The summed E-state index contributed by atoms with van der Waals surface area (Å²) in [4.78, 5) is 19.0. The third kappa shape index (κ3) is 2.81. The van der Waals surface area contributed by atoms with Gasteiger partial charge in [-0.25, -0.2) is 0 Å². The summed E-state index contributed by atoms with van der Waals surface area (Å²) in [5.41, 5.74) is 0.615. The predicted molar refractivity (Wildman–Crippen MR) is 84.3 cm³/mol. The molecule has 0 bridgehead atoms. The van der Waals surface area contributed by atoms with Crippen molar-refractivity contribution >= 4 is 5.91 Å². The highest BCUT2D eigenvalue weighted by Gasteiger charge is 2.29. The summed E-state index contributed by atoms with van der Waals surface area (Å²) in [6.07, 6.45) is 1.89. The smallest absolute Gasteiger partial charge is 0.254 e. The van der Waals surface area contributed by atoms with E-state index in [4.69, 9.17) is 14.0 Å². The molecule has 7 nitrogen and oxygen atoms in total. The van der Waals surface area contributed by atoms with Crippen molar-refractivity contribution in [3.63, 3.8) is 0 Å². The SMILES string of the molecule is Cc1nc([C@@H]2CCCN(C(=O)c3ccc4c(c3)OCCO4)C2)no1. The zero-order chi connectivity index (χ0) is 16.5. The summed E-state index contributed by atoms with van der Waals surface area (Å²) < 4.78 is 16.1. The van der Waals surface area contributed by atoms with E-state index in [9.17, 15) is 4.79 Å². The number of nitrogens with zero attached hydrogens (tertiary/aromatic N) is 3. The van der Waals surface area contributed by atoms with Crippen molar-refractivity contribution in [3.05, 3.63) is 35.5 Å². The highest BCUT2D eigenvalue weighted by molar-refractivity contribution is 5.95. The predicted octanol–water partition coefficient (Wildman–Crippen LogP) is 2.17. The second-order valence-corrected chi connectivity index (χ2v) is 6.12. The number of likely N-dealkylation sites (tertiary alicyclic amines) is 1. The number of amides is 1. The van der Waals surface area contributed by atoms with Gasteiger partial charge in [0.1, 0.15) is 13.2 Å². The lowest BCUT2D eigenvalue weighted by atomic mass is 9.96. The van der Waals surface area contributed by atoms with Crippen molar-refractivity contribution in [3.8, 4) is 11.5 Å². The number of carbonyl (C=O) groups excluding carboxylic acids is 1. The molecule has 0 radical (unpaired) electrons. The fraction of sp³-hybridized carbons (Fsp3) is 0.471. The number of fused-ring (bicyclic) bond motifs is 1. The topological polar surface area (TPSA) is 77.7 Å². The molecule has 7 heteroatoms. The normalized spacial score (nSPS) is 20.0. The molecular formula is C17H19N3O4. The monoisotopic (exact) mass is 329 g/mol. The summed E-state index contributed by atoms with van der Waals surface area (Å²) in [7, 11) is 0. The minimum atomic E-state index is -0.00288. The van der Waals surface area contributed by atoms with E-state index in [0.29, 0.717) is 48.5 Å². The van der Waals surface area contributed by atoms with Gasteiger partial charge in [-0.1, -0.05) is 5.16 Å². The Balaban J connectivity index is 1.51. The maximum Gasteiger partial charge on any atom is 0.254 e. The molecule has 2 aromatic rings. The van der Waals surface area contributed by atoms with Gasteiger partial charge in [-0.15, -0.1) is 0 Å². The van der Waals surface area contributed by atoms with Gasteiger partial charge in [0.15, 0.2) is 17.3 Å². The van der Waals surface area contributed by atoms with Gasteiger partial charge in [-0.2, -0.15) is 4.98 Å². The molecular weight excluding hydrogens is 310 g/mol. The quantitative estimate of drug-likeness (QED) is 0.840. The highest BCUT2D eigenvalue weighted by Crippen LogP contribution is 2.32. The van der Waals surface area contributed by atoms with Crippen LogP contribution >= 0.6 is 0 Å². The van der Waals surface area contributed by atoms with Gasteiger partial charge in [0.05, 0.1) is 0 Å². The number of carbonyl (C=O) groups is 1. The number of aromatic nitrogens is 2. The molecule has 2 aliphatic rings. The maximum atomic E-state index is 12.8. The number of aryl methyl sites for hydroxylation is 1. The number of ether oxygens (including phenoxy) is 2. The molecule has 0 aliphatic carbocycles. The summed E-state index contributed by atoms with van der Waals surface area (Å²) in [6.45, 7) is 4.16. The summed E-state index contributed by atoms with van der Waals surface area (Å²) >= 11 is 0. The lowest BCUT2D eigenvalue weighted by molar-refractivity contribution is 0.0702. The Morgan fingerprint density at radius 2 is 2.08 bits per heavy atom. The average Bonchev–Trinajstić information content (AvgIpc) is 3.07. The second-order valence-electron chi connectivity index (χ2n) is 6.12. The van der Waals surface area contributed by atoms with Crippen LogP contribution < -0.4 is 9.47 Å². The number of piperidine rings is 1. The van der Waals surface area contributed by atoms with Crippen LogP contribution in [0.4, 0.5) is 0 Å². The van der Waals surface area contributed by atoms with Gasteiger partial charge in [-0.05, 0) is 31.0 Å². The first-order valence-electron chi connectivity index (χ1n) is 8.20. The third-order valence-corrected chi connectivity index (χ3v) is 4.41. The van der Waals surface area contributed by atoms with Crippen LogP contribution in [0, 0.1) is 6.92 Å². The van der Waals surface area contributed by atoms with Crippen LogP contribution in [0.2, 0.25) is 0 Å². The van der Waals surface area contributed by atoms with E-state index in [0.717, 1.165) is 19.4 Å². The third-order valence-electron chi connectivity index (χ3n) is 4.41. The minimum absolute atomic E-state index is 0.00288. The first kappa shape index (κ1) is 15.0. The van der Waals surface area contributed by atoms with E-state index in [1.165, 1.54) is 0 Å². The molecule has 0 spiro atoms. The molecule has 2 aliphatic heterocycles. The van der Waals surface area contributed by atoms with E-state index in [-0.39, 0.29) is 11.8 Å². The van der Waals surface area contributed by atoms with Crippen LogP contribution in [0.1, 0.15) is 40.8 Å². The Morgan fingerprint density at radius 1 is 1.25 bits per heavy atom. The van der Waals surface area contributed by atoms with Gasteiger partial charge in [0.25, 0.3) is 5.91 Å². The molecule has 0 saturated carbocycles. The van der Waals surface area contributed by atoms with Crippen molar-refractivity contribution in [1.29, 1.82) is 0 Å². The van der Waals surface area contributed by atoms with E-state index in [1.54, 1.807) is 25.1 Å². The van der Waals surface area contributed by atoms with Crippen LogP contribution in [0.3, 0.4) is 0 Å². The van der Waals surface area contributed by atoms with Crippen LogP contribution in [0.25, 0.3) is 0 Å². The Kier molecular flexibility index (Phi) is 3.84. The number of rotatable bonds is 2. The van der Waals surface area contributed by atoms with Gasteiger partial charge >= 0.3 is 0 Å². The maximum absolute atomic E-state index is 12.8. The molecule has 1 amide bonds. The minimum Gasteiger partial charge on any atom is -0.486 e. The number of hydrogen-bond donors (Lipinski definition) is 0. The largest absolute Gasteiger partial charge is 0.486 e. The molecule has 3 heterocycles. The summed E-state index contributed by atoms with van der Waals surface area (Å²) in [6, 6.07) is 5.35. The average molecular weight is 329 g/mol. The van der Waals surface area contributed by atoms with Gasteiger partial charge in [-0.3, -0.25) is 4.79 Å². The van der Waals surface area contributed by atoms with E-state index in [2.05, 4.69) is 10.1 Å². The van der Waals surface area contributed by atoms with Crippen molar-refractivity contribution in [2.45, 2.75) is 25.7 Å². The Hall–Kier alpha value is -2.57. The second kappa shape index (κ2) is 6.14. The van der Waals surface area contributed by atoms with E-state index >= 15 is 0 Å². The molecule has 24 heavy (non-hydrogen) atoms. The van der Waals surface area contributed by atoms with Crippen LogP contribution in [-0.2, 0) is 0 Å². The molecule has 1 aromatic heterocycles. The summed E-state index contributed by atoms with van der Waals surface area (Å²) in [5, 5.41) is 4.00. The van der Waals surface area contributed by atoms with Crippen LogP contribution in [-0.4, -0.2) is 47.3 Å². The van der Waals surface area contributed by atoms with Crippen LogP contribution in [0.15, 0.2) is 22.7 Å². The van der Waals surface area contributed by atoms with Gasteiger partial charge < -0.3 is 18.9 Å². The van der Waals surface area contributed by atoms with Crippen molar-refractivity contribution < 1.29 is 18.8 Å². The molecule has 0 N–H and O–H groups in total. The van der Waals surface area contributed by atoms with Crippen molar-refractivity contribution in [2.75, 3.05) is 26.3 Å². The highest BCUT2D eigenvalue weighted by atomic mass is 16.6. The fourth-order valence-electron chi connectivity index (χ4n) is 3.21. The molecule has 0 unspecified atom stereocenters. The fourth-order valence-corrected chi connectivity index (χ4v) is 3.21. The number of benzene rings is 1. The zero-order valence-electron chi connectivity index (χ0n) is 13.5. The molecule has 4 rings (SSSR count). The van der Waals surface area contributed by atoms with Crippen molar-refractivity contribution in [2.24, 2.45) is 0 Å². The molecule has 1 atom stereocenters. The summed E-state index contributed by atoms with van der Waals surface area (Å²) in [5.74, 6) is 2.69. The van der Waals surface area contributed by atoms with Gasteiger partial charge in [0, 0.05) is 31.5 Å². The van der Waals surface area contributed by atoms with E-state index in [1.807, 2.05) is 4.90 Å². The molecule has 126 valence electrons. The van der Waals surface area contributed by atoms with Gasteiger partial charge in [0.2, 0.25) is 5.89 Å². The van der Waals surface area contributed by atoms with Crippen molar-refractivity contribution in [1.82, 2.24) is 15.0 Å². The Bertz CT molecular complexity index is 758. The zero-order valence-corrected chi connectivity index (χ0v) is 13.5. The first-order valence-corrected chi connectivity index (χ1v) is 8.20. The molecule has 1 saturated heterocycles. The standard InChI is InChI=1S/C17H19N3O4/c1-11-18-16(19-24-11)13-3-2-6-20(10-13)17(21)12-4-5-14-15(9-12)23-8-7-22-14/h4-5,9,13H,2-3,6-8,10H2,1H3/t13-/m1/s1. The Morgan fingerprint density at radius 3 is 2.88 bits per heavy atom. The van der Waals surface area contributed by atoms with E-state index < -0.39 is 0 Å². The molecule has 1 aromatic carbocycles.